The molecule has 1 atom stereocenters. The van der Waals surface area contributed by atoms with Crippen LogP contribution in [-0.2, 0) is 0 Å². The number of rotatable bonds is 2. The van der Waals surface area contributed by atoms with Crippen LogP contribution < -0.4 is 5.73 Å². The predicted octanol–water partition coefficient (Wildman–Crippen LogP) is -0.518. The number of hydrogen-bond donors (Lipinski definition) is 3. The van der Waals surface area contributed by atoms with Crippen molar-refractivity contribution in [2.75, 3.05) is 12.4 Å². The summed E-state index contributed by atoms with van der Waals surface area (Å²) in [5, 5.41) is 8.16. The summed E-state index contributed by atoms with van der Waals surface area (Å²) in [5.41, 5.74) is 5.15. The molecule has 0 fully saturated rings. The van der Waals surface area contributed by atoms with Crippen LogP contribution in [0.3, 0.4) is 0 Å². The molecule has 2 nitrogen and oxygen atoms in total. The van der Waals surface area contributed by atoms with E-state index in [1.165, 1.54) is 0 Å². The van der Waals surface area contributed by atoms with Crippen molar-refractivity contribution < 1.29 is 6.53 Å². The first-order valence-corrected chi connectivity index (χ1v) is 2.41. The Labute approximate surface area is 44.2 Å². The van der Waals surface area contributed by atoms with Gasteiger partial charge in [-0.25, -0.2) is 0 Å². The Morgan fingerprint density at radius 2 is 2.50 bits per heavy atom. The highest BCUT2D eigenvalue weighted by molar-refractivity contribution is 7.80. The van der Waals surface area contributed by atoms with Crippen molar-refractivity contribution in [3.63, 3.8) is 0 Å². The Morgan fingerprint density at radius 3 is 2.50 bits per heavy atom. The van der Waals surface area contributed by atoms with Crippen LogP contribution in [0.4, 0.5) is 0 Å². The second kappa shape index (κ2) is 3.46. The Morgan fingerprint density at radius 1 is 2.00 bits per heavy atom. The Kier molecular flexibility index (Phi) is 3.62. The van der Waals surface area contributed by atoms with Gasteiger partial charge in [0.1, 0.15) is 0 Å². The van der Waals surface area contributed by atoms with Crippen LogP contribution in [0.5, 0.6) is 0 Å². The van der Waals surface area contributed by atoms with Crippen LogP contribution in [0.1, 0.15) is 1.43 Å². The zero-order valence-electron chi connectivity index (χ0n) is 3.46. The van der Waals surface area contributed by atoms with Crippen LogP contribution in [0.15, 0.2) is 0 Å². The predicted molar refractivity (Wildman–Crippen MR) is 31.0 cm³/mol. The van der Waals surface area contributed by atoms with Gasteiger partial charge in [0.25, 0.3) is 0 Å². The van der Waals surface area contributed by atoms with Gasteiger partial charge in [-0.1, -0.05) is 0 Å². The first-order valence-electron chi connectivity index (χ1n) is 1.78. The van der Waals surface area contributed by atoms with Crippen molar-refractivity contribution in [3.8, 4) is 0 Å². The molecule has 0 aromatic rings. The van der Waals surface area contributed by atoms with Crippen molar-refractivity contribution in [2.45, 2.75) is 6.04 Å². The molecular formula is C3H11NOS. The molecule has 0 heterocycles. The van der Waals surface area contributed by atoms with E-state index < -0.39 is 0 Å². The minimum absolute atomic E-state index is 0. The van der Waals surface area contributed by atoms with Gasteiger partial charge in [-0.3, -0.25) is 0 Å². The smallest absolute Gasteiger partial charge is 0.0590 e. The van der Waals surface area contributed by atoms with Gasteiger partial charge in [0.05, 0.1) is 6.61 Å². The molecule has 0 aliphatic carbocycles. The molecule has 0 aromatic carbocycles. The van der Waals surface area contributed by atoms with E-state index in [2.05, 4.69) is 12.6 Å². The normalized spacial score (nSPS) is 14.5. The zero-order valence-corrected chi connectivity index (χ0v) is 4.36. The fourth-order valence-electron chi connectivity index (χ4n) is 0.0577. The summed E-state index contributed by atoms with van der Waals surface area (Å²) in [4.78, 5) is 0. The van der Waals surface area contributed by atoms with Gasteiger partial charge < -0.3 is 10.8 Å². The third kappa shape index (κ3) is 2.50. The van der Waals surface area contributed by atoms with Crippen LogP contribution in [0.25, 0.3) is 0 Å². The number of thiol groups is 1. The standard InChI is InChI=1S/C3H9NOS.H2/c4-3(1-5)2-6;/h3,5-6H,1-2,4H2;1H. The average molecular weight is 109 g/mol. The fourth-order valence-corrected chi connectivity index (χ4v) is 0.173. The maximum atomic E-state index is 8.16. The van der Waals surface area contributed by atoms with Gasteiger partial charge >= 0.3 is 0 Å². The number of aliphatic hydroxyl groups is 1. The highest BCUT2D eigenvalue weighted by Gasteiger charge is 1.90. The van der Waals surface area contributed by atoms with Gasteiger partial charge in [0.2, 0.25) is 0 Å². The van der Waals surface area contributed by atoms with Crippen molar-refractivity contribution in [1.82, 2.24) is 0 Å². The lowest BCUT2D eigenvalue weighted by Gasteiger charge is -1.98. The molecule has 0 saturated carbocycles. The molecule has 0 amide bonds. The van der Waals surface area contributed by atoms with E-state index in [-0.39, 0.29) is 14.1 Å². The molecule has 0 aliphatic heterocycles. The van der Waals surface area contributed by atoms with Crippen molar-refractivity contribution in [1.29, 1.82) is 0 Å². The molecule has 0 bridgehead atoms. The Balaban J connectivity index is 0. The van der Waals surface area contributed by atoms with E-state index >= 15 is 0 Å². The molecular weight excluding hydrogens is 98.1 g/mol. The van der Waals surface area contributed by atoms with Gasteiger partial charge in [0.15, 0.2) is 0 Å². The molecule has 0 spiro atoms. The van der Waals surface area contributed by atoms with Crippen LogP contribution in [-0.4, -0.2) is 23.5 Å². The summed E-state index contributed by atoms with van der Waals surface area (Å²) in [6.45, 7) is 0.0312. The monoisotopic (exact) mass is 109 g/mol. The minimum Gasteiger partial charge on any atom is -0.395 e. The molecule has 0 aromatic heterocycles. The molecule has 40 valence electrons. The molecule has 0 rings (SSSR count). The van der Waals surface area contributed by atoms with Crippen molar-refractivity contribution >= 4 is 12.6 Å². The summed E-state index contributed by atoms with van der Waals surface area (Å²) in [5.74, 6) is 0.552. The maximum absolute atomic E-state index is 8.16. The summed E-state index contributed by atoms with van der Waals surface area (Å²) in [6.07, 6.45) is 0. The summed E-state index contributed by atoms with van der Waals surface area (Å²) in [7, 11) is 0. The SMILES string of the molecule is NC(CO)CS.[HH]. The topological polar surface area (TPSA) is 46.2 Å². The number of hydrogen-bond acceptors (Lipinski definition) is 3. The van der Waals surface area contributed by atoms with Gasteiger partial charge in [-0.15, -0.1) is 0 Å². The fraction of sp³-hybridized carbons (Fsp3) is 1.00. The van der Waals surface area contributed by atoms with Crippen LogP contribution in [0, 0.1) is 0 Å². The molecule has 1 unspecified atom stereocenters. The van der Waals surface area contributed by atoms with E-state index in [0.29, 0.717) is 5.75 Å². The second-order valence-corrected chi connectivity index (χ2v) is 1.49. The summed E-state index contributed by atoms with van der Waals surface area (Å²) < 4.78 is 0. The highest BCUT2D eigenvalue weighted by Crippen LogP contribution is 1.77. The lowest BCUT2D eigenvalue weighted by atomic mass is 10.4. The van der Waals surface area contributed by atoms with Crippen molar-refractivity contribution in [2.24, 2.45) is 5.73 Å². The third-order valence-electron chi connectivity index (χ3n) is 0.469. The number of aliphatic hydroxyl groups excluding tert-OH is 1. The largest absolute Gasteiger partial charge is 0.395 e. The van der Waals surface area contributed by atoms with E-state index in [4.69, 9.17) is 10.8 Å². The zero-order chi connectivity index (χ0) is 4.99. The van der Waals surface area contributed by atoms with Gasteiger partial charge in [-0.2, -0.15) is 12.6 Å². The highest BCUT2D eigenvalue weighted by atomic mass is 32.1. The van der Waals surface area contributed by atoms with E-state index in [9.17, 15) is 0 Å². The Bertz CT molecular complexity index is 34.1. The van der Waals surface area contributed by atoms with Crippen LogP contribution >= 0.6 is 12.6 Å². The lowest BCUT2D eigenvalue weighted by Crippen LogP contribution is -2.25. The molecule has 0 aliphatic rings. The molecule has 6 heavy (non-hydrogen) atoms. The molecule has 3 N–H and O–H groups in total. The molecule has 0 radical (unpaired) electrons. The second-order valence-electron chi connectivity index (χ2n) is 1.13. The minimum atomic E-state index is -0.145. The lowest BCUT2D eigenvalue weighted by molar-refractivity contribution is 0.275. The van der Waals surface area contributed by atoms with Gasteiger partial charge in [0, 0.05) is 13.2 Å². The Hall–Kier alpha value is 0.270. The van der Waals surface area contributed by atoms with Gasteiger partial charge in [-0.05, 0) is 0 Å². The van der Waals surface area contributed by atoms with Crippen molar-refractivity contribution in [3.05, 3.63) is 0 Å². The van der Waals surface area contributed by atoms with E-state index in [0.717, 1.165) is 0 Å². The maximum Gasteiger partial charge on any atom is 0.0590 e. The third-order valence-corrected chi connectivity index (χ3v) is 0.938. The molecule has 0 saturated heterocycles. The summed E-state index contributed by atoms with van der Waals surface area (Å²) >= 11 is 3.81. The first-order chi connectivity index (χ1) is 2.81. The quantitative estimate of drug-likeness (QED) is 0.418. The summed E-state index contributed by atoms with van der Waals surface area (Å²) in [6, 6.07) is -0.145. The molecule has 3 heteroatoms. The number of nitrogens with two attached hydrogens (primary N) is 1. The van der Waals surface area contributed by atoms with E-state index in [1.807, 2.05) is 0 Å². The average Bonchev–Trinajstić information content (AvgIpc) is 1.65. The van der Waals surface area contributed by atoms with E-state index in [1.54, 1.807) is 0 Å². The van der Waals surface area contributed by atoms with Crippen LogP contribution in [0.2, 0.25) is 0 Å². The first kappa shape index (κ1) is 6.27.